The summed E-state index contributed by atoms with van der Waals surface area (Å²) in [5.41, 5.74) is 7.81. The molecule has 0 radical (unpaired) electrons. The van der Waals surface area contributed by atoms with E-state index in [1.54, 1.807) is 17.5 Å². The average molecular weight is 312 g/mol. The highest BCUT2D eigenvalue weighted by molar-refractivity contribution is 9.10. The van der Waals surface area contributed by atoms with Crippen LogP contribution < -0.4 is 11.1 Å². The van der Waals surface area contributed by atoms with Crippen molar-refractivity contribution in [3.63, 3.8) is 0 Å². The molecule has 90 valence electrons. The third-order valence-electron chi connectivity index (χ3n) is 2.65. The number of hydrogen-bond acceptors (Lipinski definition) is 4. The molecule has 1 atom stereocenters. The molecule has 3 nitrogen and oxygen atoms in total. The van der Waals surface area contributed by atoms with Crippen molar-refractivity contribution in [3.8, 4) is 0 Å². The maximum atomic E-state index is 5.93. The summed E-state index contributed by atoms with van der Waals surface area (Å²) < 4.78 is 1.12. The number of nitrogen functional groups attached to an aromatic ring is 1. The number of thiophene rings is 1. The highest BCUT2D eigenvalue weighted by Gasteiger charge is 2.13. The van der Waals surface area contributed by atoms with E-state index in [2.05, 4.69) is 37.7 Å². The highest BCUT2D eigenvalue weighted by atomic mass is 79.9. The first-order valence-electron chi connectivity index (χ1n) is 5.30. The van der Waals surface area contributed by atoms with E-state index in [0.717, 1.165) is 22.1 Å². The Hall–Kier alpha value is -0.910. The van der Waals surface area contributed by atoms with Crippen molar-refractivity contribution in [2.75, 3.05) is 12.8 Å². The Balaban J connectivity index is 2.18. The SMILES string of the molecule is CNC(Cc1cnccc1N)c1cc(Br)cs1. The van der Waals surface area contributed by atoms with Crippen LogP contribution in [0, 0.1) is 0 Å². The Bertz CT molecular complexity index is 498. The molecule has 2 aromatic heterocycles. The van der Waals surface area contributed by atoms with E-state index in [4.69, 9.17) is 5.73 Å². The largest absolute Gasteiger partial charge is 0.398 e. The maximum Gasteiger partial charge on any atom is 0.0454 e. The van der Waals surface area contributed by atoms with Crippen LogP contribution in [-0.2, 0) is 6.42 Å². The molecule has 0 fully saturated rings. The van der Waals surface area contributed by atoms with Gasteiger partial charge in [0.25, 0.3) is 0 Å². The van der Waals surface area contributed by atoms with Crippen LogP contribution >= 0.6 is 27.3 Å². The molecule has 3 N–H and O–H groups in total. The summed E-state index contributed by atoms with van der Waals surface area (Å²) in [6, 6.07) is 4.25. The number of aromatic nitrogens is 1. The van der Waals surface area contributed by atoms with Crippen molar-refractivity contribution >= 4 is 33.0 Å². The molecule has 0 aliphatic rings. The van der Waals surface area contributed by atoms with Crippen molar-refractivity contribution in [3.05, 3.63) is 44.8 Å². The third-order valence-corrected chi connectivity index (χ3v) is 4.45. The topological polar surface area (TPSA) is 50.9 Å². The first kappa shape index (κ1) is 12.5. The monoisotopic (exact) mass is 311 g/mol. The summed E-state index contributed by atoms with van der Waals surface area (Å²) in [6.07, 6.45) is 4.40. The smallest absolute Gasteiger partial charge is 0.0454 e. The lowest BCUT2D eigenvalue weighted by Crippen LogP contribution is -2.18. The Morgan fingerprint density at radius 1 is 1.59 bits per heavy atom. The third kappa shape index (κ3) is 3.06. The summed E-state index contributed by atoms with van der Waals surface area (Å²) in [4.78, 5) is 5.41. The van der Waals surface area contributed by atoms with Crippen molar-refractivity contribution < 1.29 is 0 Å². The van der Waals surface area contributed by atoms with E-state index in [9.17, 15) is 0 Å². The normalized spacial score (nSPS) is 12.6. The van der Waals surface area contributed by atoms with Gasteiger partial charge in [0.05, 0.1) is 0 Å². The summed E-state index contributed by atoms with van der Waals surface area (Å²) in [7, 11) is 1.96. The fraction of sp³-hybridized carbons (Fsp3) is 0.250. The van der Waals surface area contributed by atoms with Gasteiger partial charge in [-0.3, -0.25) is 4.98 Å². The van der Waals surface area contributed by atoms with Crippen LogP contribution in [0.2, 0.25) is 0 Å². The van der Waals surface area contributed by atoms with E-state index in [1.165, 1.54) is 4.88 Å². The molecule has 0 spiro atoms. The van der Waals surface area contributed by atoms with Crippen LogP contribution in [-0.4, -0.2) is 12.0 Å². The maximum absolute atomic E-state index is 5.93. The van der Waals surface area contributed by atoms with Gasteiger partial charge in [-0.05, 0) is 47.1 Å². The standard InChI is InChI=1S/C12H14BrN3S/c1-15-11(12-5-9(13)7-17-12)4-8-6-16-3-2-10(8)14/h2-3,5-7,11,15H,4H2,1H3,(H2,14,16). The fourth-order valence-corrected chi connectivity index (χ4v) is 3.24. The van der Waals surface area contributed by atoms with Crippen molar-refractivity contribution in [2.45, 2.75) is 12.5 Å². The summed E-state index contributed by atoms with van der Waals surface area (Å²) in [5, 5.41) is 5.40. The second-order valence-electron chi connectivity index (χ2n) is 3.79. The number of anilines is 1. The minimum absolute atomic E-state index is 0.276. The molecule has 0 aliphatic heterocycles. The lowest BCUT2D eigenvalue weighted by atomic mass is 10.1. The van der Waals surface area contributed by atoms with E-state index in [-0.39, 0.29) is 6.04 Å². The predicted molar refractivity (Wildman–Crippen MR) is 76.2 cm³/mol. The fourth-order valence-electron chi connectivity index (χ4n) is 1.68. The van der Waals surface area contributed by atoms with Crippen LogP contribution in [0.5, 0.6) is 0 Å². The molecule has 2 aromatic rings. The zero-order chi connectivity index (χ0) is 12.3. The van der Waals surface area contributed by atoms with Gasteiger partial charge in [-0.25, -0.2) is 0 Å². The summed E-state index contributed by atoms with van der Waals surface area (Å²) in [6.45, 7) is 0. The van der Waals surface area contributed by atoms with Gasteiger partial charge in [-0.15, -0.1) is 11.3 Å². The molecule has 1 unspecified atom stereocenters. The summed E-state index contributed by atoms with van der Waals surface area (Å²) >= 11 is 5.21. The van der Waals surface area contributed by atoms with Crippen LogP contribution in [0.3, 0.4) is 0 Å². The van der Waals surface area contributed by atoms with Crippen molar-refractivity contribution in [1.29, 1.82) is 0 Å². The number of hydrogen-bond donors (Lipinski definition) is 2. The first-order chi connectivity index (χ1) is 8.20. The highest BCUT2D eigenvalue weighted by Crippen LogP contribution is 2.28. The molecule has 2 heterocycles. The zero-order valence-electron chi connectivity index (χ0n) is 9.48. The van der Waals surface area contributed by atoms with Crippen LogP contribution in [0.4, 0.5) is 5.69 Å². The van der Waals surface area contributed by atoms with E-state index in [0.29, 0.717) is 0 Å². The van der Waals surface area contributed by atoms with Crippen LogP contribution in [0.25, 0.3) is 0 Å². The zero-order valence-corrected chi connectivity index (χ0v) is 11.9. The lowest BCUT2D eigenvalue weighted by Gasteiger charge is -2.15. The molecule has 0 bridgehead atoms. The Labute approximate surface area is 113 Å². The number of halogens is 1. The van der Waals surface area contributed by atoms with Gasteiger partial charge in [-0.2, -0.15) is 0 Å². The average Bonchev–Trinajstić information content (AvgIpc) is 2.75. The molecule has 17 heavy (non-hydrogen) atoms. The summed E-state index contributed by atoms with van der Waals surface area (Å²) in [5.74, 6) is 0. The molecule has 0 saturated heterocycles. The van der Waals surface area contributed by atoms with Gasteiger partial charge in [-0.1, -0.05) is 0 Å². The number of likely N-dealkylation sites (N-methyl/N-ethyl adjacent to an activating group) is 1. The predicted octanol–water partition coefficient (Wildman–Crippen LogP) is 2.99. The molecule has 5 heteroatoms. The number of nitrogens with one attached hydrogen (secondary N) is 1. The minimum atomic E-state index is 0.276. The molecule has 0 saturated carbocycles. The van der Waals surface area contributed by atoms with Crippen molar-refractivity contribution in [1.82, 2.24) is 10.3 Å². The van der Waals surface area contributed by atoms with E-state index in [1.807, 2.05) is 19.3 Å². The van der Waals surface area contributed by atoms with Gasteiger partial charge in [0, 0.05) is 38.9 Å². The molecule has 0 aliphatic carbocycles. The van der Waals surface area contributed by atoms with E-state index < -0.39 is 0 Å². The van der Waals surface area contributed by atoms with Gasteiger partial charge in [0.15, 0.2) is 0 Å². The number of nitrogens with two attached hydrogens (primary N) is 1. The molecule has 0 amide bonds. The Morgan fingerprint density at radius 3 is 3.00 bits per heavy atom. The van der Waals surface area contributed by atoms with Gasteiger partial charge in [0.1, 0.15) is 0 Å². The first-order valence-corrected chi connectivity index (χ1v) is 6.97. The van der Waals surface area contributed by atoms with Crippen LogP contribution in [0.15, 0.2) is 34.4 Å². The van der Waals surface area contributed by atoms with Crippen molar-refractivity contribution in [2.24, 2.45) is 0 Å². The lowest BCUT2D eigenvalue weighted by molar-refractivity contribution is 0.602. The number of pyridine rings is 1. The number of rotatable bonds is 4. The van der Waals surface area contributed by atoms with E-state index >= 15 is 0 Å². The molecule has 2 rings (SSSR count). The van der Waals surface area contributed by atoms with Gasteiger partial charge >= 0.3 is 0 Å². The molecular formula is C12H14BrN3S. The Morgan fingerprint density at radius 2 is 2.41 bits per heavy atom. The molecule has 0 aromatic carbocycles. The number of nitrogens with zero attached hydrogens (tertiary/aromatic N) is 1. The molecular weight excluding hydrogens is 298 g/mol. The second-order valence-corrected chi connectivity index (χ2v) is 5.65. The Kier molecular flexibility index (Phi) is 4.15. The minimum Gasteiger partial charge on any atom is -0.398 e. The van der Waals surface area contributed by atoms with Gasteiger partial charge in [0.2, 0.25) is 0 Å². The second kappa shape index (κ2) is 5.62. The van der Waals surface area contributed by atoms with Crippen LogP contribution in [0.1, 0.15) is 16.5 Å². The quantitative estimate of drug-likeness (QED) is 0.912. The van der Waals surface area contributed by atoms with Gasteiger partial charge < -0.3 is 11.1 Å².